The molecule has 1 amide bonds. The monoisotopic (exact) mass is 472 g/mol. The molecule has 180 valence electrons. The van der Waals surface area contributed by atoms with E-state index in [0.717, 1.165) is 37.4 Å². The van der Waals surface area contributed by atoms with Crippen molar-refractivity contribution in [3.8, 4) is 0 Å². The fourth-order valence-corrected chi connectivity index (χ4v) is 4.75. The summed E-state index contributed by atoms with van der Waals surface area (Å²) in [6.07, 6.45) is 0. The van der Waals surface area contributed by atoms with Crippen LogP contribution in [0.1, 0.15) is 50.5 Å². The molecule has 1 aliphatic rings. The molecule has 0 aromatic heterocycles. The predicted molar refractivity (Wildman–Crippen MR) is 135 cm³/mol. The first-order valence-electron chi connectivity index (χ1n) is 11.5. The molecule has 2 aromatic rings. The maximum Gasteiger partial charge on any atom is 0.261 e. The highest BCUT2D eigenvalue weighted by molar-refractivity contribution is 7.92. The van der Waals surface area contributed by atoms with E-state index in [1.54, 1.807) is 24.3 Å². The van der Waals surface area contributed by atoms with Crippen LogP contribution < -0.4 is 20.3 Å². The molecule has 0 radical (unpaired) electrons. The van der Waals surface area contributed by atoms with Crippen molar-refractivity contribution in [2.75, 3.05) is 42.3 Å². The molecule has 1 aliphatic heterocycles. The van der Waals surface area contributed by atoms with E-state index >= 15 is 0 Å². The van der Waals surface area contributed by atoms with Gasteiger partial charge in [0.2, 0.25) is 0 Å². The SMILES string of the molecule is CC(C)CNC(=O)c1cc(NS(=O)(=O)c2ccc(C(C)(C)C)cc2)ccc1N1CCNCC1. The van der Waals surface area contributed by atoms with Crippen molar-refractivity contribution in [1.29, 1.82) is 0 Å². The van der Waals surface area contributed by atoms with Crippen molar-refractivity contribution >= 4 is 27.3 Å². The van der Waals surface area contributed by atoms with E-state index in [1.165, 1.54) is 0 Å². The second-order valence-electron chi connectivity index (χ2n) is 9.95. The minimum atomic E-state index is -3.79. The minimum absolute atomic E-state index is 0.0617. The van der Waals surface area contributed by atoms with Gasteiger partial charge >= 0.3 is 0 Å². The fourth-order valence-electron chi connectivity index (χ4n) is 3.70. The zero-order chi connectivity index (χ0) is 24.2. The van der Waals surface area contributed by atoms with Crippen molar-refractivity contribution in [1.82, 2.24) is 10.6 Å². The highest BCUT2D eigenvalue weighted by atomic mass is 32.2. The number of amides is 1. The summed E-state index contributed by atoms with van der Waals surface area (Å²) in [5, 5.41) is 6.27. The first kappa shape index (κ1) is 25.1. The van der Waals surface area contributed by atoms with Gasteiger partial charge in [-0.05, 0) is 47.2 Å². The first-order chi connectivity index (χ1) is 15.5. The van der Waals surface area contributed by atoms with Crippen molar-refractivity contribution < 1.29 is 13.2 Å². The van der Waals surface area contributed by atoms with Crippen molar-refractivity contribution in [3.63, 3.8) is 0 Å². The Balaban J connectivity index is 1.89. The lowest BCUT2D eigenvalue weighted by Crippen LogP contribution is -2.44. The average Bonchev–Trinajstić information content (AvgIpc) is 2.77. The zero-order valence-electron chi connectivity index (χ0n) is 20.2. The molecule has 1 saturated heterocycles. The number of carbonyl (C=O) groups is 1. The Labute approximate surface area is 198 Å². The zero-order valence-corrected chi connectivity index (χ0v) is 21.1. The standard InChI is InChI=1S/C25H36N4O3S/c1-18(2)17-27-24(30)22-16-20(8-11-23(22)29-14-12-26-13-15-29)28-33(31,32)21-9-6-19(7-10-21)25(3,4)5/h6-11,16,18,26,28H,12-15,17H2,1-5H3,(H,27,30). The van der Waals surface area contributed by atoms with E-state index in [0.29, 0.717) is 23.7 Å². The molecule has 1 fully saturated rings. The fraction of sp³-hybridized carbons (Fsp3) is 0.480. The van der Waals surface area contributed by atoms with E-state index < -0.39 is 10.0 Å². The molecular formula is C25H36N4O3S. The highest BCUT2D eigenvalue weighted by Gasteiger charge is 2.22. The van der Waals surface area contributed by atoms with Gasteiger partial charge in [-0.2, -0.15) is 0 Å². The van der Waals surface area contributed by atoms with Gasteiger partial charge in [-0.1, -0.05) is 46.8 Å². The van der Waals surface area contributed by atoms with Crippen LogP contribution in [0.15, 0.2) is 47.4 Å². The number of hydrogen-bond donors (Lipinski definition) is 3. The Morgan fingerprint density at radius 3 is 2.27 bits per heavy atom. The Morgan fingerprint density at radius 2 is 1.70 bits per heavy atom. The molecule has 0 saturated carbocycles. The second-order valence-corrected chi connectivity index (χ2v) is 11.6. The van der Waals surface area contributed by atoms with Gasteiger partial charge in [-0.15, -0.1) is 0 Å². The maximum absolute atomic E-state index is 13.0. The number of hydrogen-bond acceptors (Lipinski definition) is 5. The highest BCUT2D eigenvalue weighted by Crippen LogP contribution is 2.28. The summed E-state index contributed by atoms with van der Waals surface area (Å²) in [6.45, 7) is 14.1. The topological polar surface area (TPSA) is 90.5 Å². The summed E-state index contributed by atoms with van der Waals surface area (Å²) in [5.74, 6) is 0.113. The molecule has 0 aliphatic carbocycles. The molecule has 8 heteroatoms. The van der Waals surface area contributed by atoms with Gasteiger partial charge < -0.3 is 15.5 Å². The molecule has 1 heterocycles. The smallest absolute Gasteiger partial charge is 0.261 e. The van der Waals surface area contributed by atoms with Crippen molar-refractivity contribution in [2.45, 2.75) is 44.9 Å². The van der Waals surface area contributed by atoms with E-state index in [4.69, 9.17) is 0 Å². The van der Waals surface area contributed by atoms with E-state index in [9.17, 15) is 13.2 Å². The number of rotatable bonds is 7. The number of nitrogens with one attached hydrogen (secondary N) is 3. The third-order valence-electron chi connectivity index (χ3n) is 5.65. The number of benzene rings is 2. The Morgan fingerprint density at radius 1 is 1.06 bits per heavy atom. The average molecular weight is 473 g/mol. The Kier molecular flexibility index (Phi) is 7.69. The lowest BCUT2D eigenvalue weighted by molar-refractivity contribution is 0.0949. The number of carbonyl (C=O) groups excluding carboxylic acids is 1. The molecule has 0 atom stereocenters. The van der Waals surface area contributed by atoms with E-state index in [2.05, 4.69) is 41.0 Å². The van der Waals surface area contributed by atoms with Crippen molar-refractivity contribution in [2.24, 2.45) is 5.92 Å². The van der Waals surface area contributed by atoms with Crippen LogP contribution in [-0.2, 0) is 15.4 Å². The molecule has 0 bridgehead atoms. The van der Waals surface area contributed by atoms with Gasteiger partial charge in [0.15, 0.2) is 0 Å². The third-order valence-corrected chi connectivity index (χ3v) is 7.05. The number of sulfonamides is 1. The van der Waals surface area contributed by atoms with E-state index in [-0.39, 0.29) is 16.2 Å². The Bertz CT molecular complexity index is 1070. The molecule has 33 heavy (non-hydrogen) atoms. The summed E-state index contributed by atoms with van der Waals surface area (Å²) in [7, 11) is -3.79. The van der Waals surface area contributed by atoms with Gasteiger partial charge in [-0.3, -0.25) is 9.52 Å². The first-order valence-corrected chi connectivity index (χ1v) is 13.0. The van der Waals surface area contributed by atoms with Crippen molar-refractivity contribution in [3.05, 3.63) is 53.6 Å². The number of piperazine rings is 1. The van der Waals surface area contributed by atoms with Crippen LogP contribution in [0.3, 0.4) is 0 Å². The predicted octanol–water partition coefficient (Wildman–Crippen LogP) is 3.58. The lowest BCUT2D eigenvalue weighted by Gasteiger charge is -2.31. The van der Waals surface area contributed by atoms with Gasteiger partial charge in [0.25, 0.3) is 15.9 Å². The van der Waals surface area contributed by atoms with Gasteiger partial charge in [-0.25, -0.2) is 8.42 Å². The second kappa shape index (κ2) is 10.1. The third kappa shape index (κ3) is 6.48. The van der Waals surface area contributed by atoms with Crippen LogP contribution in [0.25, 0.3) is 0 Å². The van der Waals surface area contributed by atoms with Crippen LogP contribution in [0.5, 0.6) is 0 Å². The van der Waals surface area contributed by atoms with Crippen LogP contribution in [0.4, 0.5) is 11.4 Å². The summed E-state index contributed by atoms with van der Waals surface area (Å²) >= 11 is 0. The normalized spacial score (nSPS) is 14.9. The largest absolute Gasteiger partial charge is 0.368 e. The summed E-state index contributed by atoms with van der Waals surface area (Å²) in [6, 6.07) is 12.1. The van der Waals surface area contributed by atoms with Crippen LogP contribution in [0, 0.1) is 5.92 Å². The van der Waals surface area contributed by atoms with Crippen LogP contribution >= 0.6 is 0 Å². The molecule has 7 nitrogen and oxygen atoms in total. The molecule has 2 aromatic carbocycles. The quantitative estimate of drug-likeness (QED) is 0.573. The molecule has 3 rings (SSSR count). The molecule has 0 unspecified atom stereocenters. The molecule has 3 N–H and O–H groups in total. The number of anilines is 2. The summed E-state index contributed by atoms with van der Waals surface area (Å²) in [5.41, 5.74) is 2.65. The van der Waals surface area contributed by atoms with Crippen LogP contribution in [0.2, 0.25) is 0 Å². The van der Waals surface area contributed by atoms with Gasteiger partial charge in [0.1, 0.15) is 0 Å². The van der Waals surface area contributed by atoms with E-state index in [1.807, 2.05) is 32.0 Å². The summed E-state index contributed by atoms with van der Waals surface area (Å²) < 4.78 is 28.7. The summed E-state index contributed by atoms with van der Waals surface area (Å²) in [4.78, 5) is 15.3. The minimum Gasteiger partial charge on any atom is -0.368 e. The van der Waals surface area contributed by atoms with Gasteiger partial charge in [0.05, 0.1) is 10.5 Å². The van der Waals surface area contributed by atoms with Crippen LogP contribution in [-0.4, -0.2) is 47.0 Å². The Hall–Kier alpha value is -2.58. The molecule has 0 spiro atoms. The maximum atomic E-state index is 13.0. The molecular weight excluding hydrogens is 436 g/mol. The van der Waals surface area contributed by atoms with Gasteiger partial charge in [0, 0.05) is 44.1 Å². The number of nitrogens with zero attached hydrogens (tertiary/aromatic N) is 1. The lowest BCUT2D eigenvalue weighted by atomic mass is 9.87.